The Balaban J connectivity index is 2.33. The number of rotatable bonds is 6. The Kier molecular flexibility index (Phi) is 6.07. The van der Waals surface area contributed by atoms with Gasteiger partial charge in [0.05, 0.1) is 17.6 Å². The minimum Gasteiger partial charge on any atom is -0.323 e. The van der Waals surface area contributed by atoms with Crippen LogP contribution in [0.2, 0.25) is 0 Å². The molecule has 2 aromatic rings. The van der Waals surface area contributed by atoms with E-state index < -0.39 is 27.8 Å². The molecule has 0 fully saturated rings. The van der Waals surface area contributed by atoms with E-state index in [4.69, 9.17) is 0 Å². The van der Waals surface area contributed by atoms with E-state index in [-0.39, 0.29) is 5.69 Å². The minimum atomic E-state index is -3.79. The van der Waals surface area contributed by atoms with Crippen LogP contribution < -0.4 is 9.62 Å². The fraction of sp³-hybridized carbons (Fsp3) is 0.235. The average molecular weight is 382 g/mol. The van der Waals surface area contributed by atoms with Gasteiger partial charge in [-0.2, -0.15) is 0 Å². The van der Waals surface area contributed by atoms with Gasteiger partial charge >= 0.3 is 0 Å². The van der Waals surface area contributed by atoms with Crippen molar-refractivity contribution in [1.29, 1.82) is 0 Å². The van der Waals surface area contributed by atoms with Crippen molar-refractivity contribution < 1.29 is 17.6 Å². The predicted molar refractivity (Wildman–Crippen MR) is 100 cm³/mol. The number of thioether (sulfide) groups is 1. The maximum absolute atomic E-state index is 13.5. The predicted octanol–water partition coefficient (Wildman–Crippen LogP) is 3.34. The molecule has 0 aromatic heterocycles. The second kappa shape index (κ2) is 7.88. The molecule has 0 unspecified atom stereocenters. The number of nitrogens with one attached hydrogen (secondary N) is 1. The van der Waals surface area contributed by atoms with Gasteiger partial charge in [-0.1, -0.05) is 18.2 Å². The molecule has 8 heteroatoms. The molecular weight excluding hydrogens is 363 g/mol. The van der Waals surface area contributed by atoms with Gasteiger partial charge in [0, 0.05) is 4.90 Å². The van der Waals surface area contributed by atoms with Gasteiger partial charge in [0.1, 0.15) is 11.9 Å². The van der Waals surface area contributed by atoms with E-state index in [0.29, 0.717) is 5.69 Å². The third-order valence-corrected chi connectivity index (χ3v) is 5.55. The molecule has 0 aliphatic carbocycles. The molecule has 0 radical (unpaired) electrons. The van der Waals surface area contributed by atoms with E-state index in [2.05, 4.69) is 5.32 Å². The molecule has 1 N–H and O–H groups in total. The Morgan fingerprint density at radius 3 is 2.48 bits per heavy atom. The molecule has 25 heavy (non-hydrogen) atoms. The van der Waals surface area contributed by atoms with Gasteiger partial charge in [-0.3, -0.25) is 9.10 Å². The zero-order valence-electron chi connectivity index (χ0n) is 14.1. The number of nitrogens with zero attached hydrogens (tertiary/aromatic N) is 1. The van der Waals surface area contributed by atoms with Crippen molar-refractivity contribution in [2.24, 2.45) is 0 Å². The maximum Gasteiger partial charge on any atom is 0.248 e. The average Bonchev–Trinajstić information content (AvgIpc) is 2.54. The summed E-state index contributed by atoms with van der Waals surface area (Å²) in [6.07, 6.45) is 2.86. The first-order valence-electron chi connectivity index (χ1n) is 7.43. The topological polar surface area (TPSA) is 66.5 Å². The summed E-state index contributed by atoms with van der Waals surface area (Å²) in [6, 6.07) is 11.3. The summed E-state index contributed by atoms with van der Waals surface area (Å²) in [5, 5.41) is 2.74. The van der Waals surface area contributed by atoms with Crippen molar-refractivity contribution in [2.75, 3.05) is 22.1 Å². The van der Waals surface area contributed by atoms with Crippen molar-refractivity contribution >= 4 is 39.1 Å². The molecule has 1 amide bonds. The van der Waals surface area contributed by atoms with Crippen LogP contribution in [-0.2, 0) is 14.8 Å². The second-order valence-corrected chi connectivity index (χ2v) is 8.11. The van der Waals surface area contributed by atoms with Gasteiger partial charge in [0.25, 0.3) is 0 Å². The van der Waals surface area contributed by atoms with E-state index >= 15 is 0 Å². The summed E-state index contributed by atoms with van der Waals surface area (Å²) < 4.78 is 38.8. The standard InChI is InChI=1S/C17H19FN2O3S2/c1-12(17(21)19-15-9-4-5-10-16(15)24-2)20(25(3,22)23)14-8-6-7-13(18)11-14/h4-12H,1-3H3,(H,19,21)/t12-/m1/s1. The van der Waals surface area contributed by atoms with Crippen LogP contribution in [0.15, 0.2) is 53.4 Å². The minimum absolute atomic E-state index is 0.100. The van der Waals surface area contributed by atoms with Crippen molar-refractivity contribution in [3.8, 4) is 0 Å². The van der Waals surface area contributed by atoms with Crippen LogP contribution in [0.25, 0.3) is 0 Å². The number of hydrogen-bond donors (Lipinski definition) is 1. The third-order valence-electron chi connectivity index (χ3n) is 3.52. The van der Waals surface area contributed by atoms with E-state index in [9.17, 15) is 17.6 Å². The fourth-order valence-corrected chi connectivity index (χ4v) is 4.13. The normalized spacial score (nSPS) is 12.5. The Labute approximate surface area is 151 Å². The van der Waals surface area contributed by atoms with Gasteiger partial charge in [-0.25, -0.2) is 12.8 Å². The molecule has 0 spiro atoms. The number of para-hydroxylation sites is 1. The van der Waals surface area contributed by atoms with Crippen molar-refractivity contribution in [2.45, 2.75) is 17.9 Å². The zero-order chi connectivity index (χ0) is 18.6. The zero-order valence-corrected chi connectivity index (χ0v) is 15.7. The van der Waals surface area contributed by atoms with Crippen LogP contribution in [0.4, 0.5) is 15.8 Å². The van der Waals surface area contributed by atoms with E-state index in [0.717, 1.165) is 21.5 Å². The highest BCUT2D eigenvalue weighted by Crippen LogP contribution is 2.26. The first kappa shape index (κ1) is 19.3. The summed E-state index contributed by atoms with van der Waals surface area (Å²) in [6.45, 7) is 1.46. The Bertz CT molecular complexity index is 872. The van der Waals surface area contributed by atoms with Crippen molar-refractivity contribution in [3.63, 3.8) is 0 Å². The highest BCUT2D eigenvalue weighted by Gasteiger charge is 2.29. The number of amides is 1. The molecule has 0 bridgehead atoms. The molecule has 2 rings (SSSR count). The number of carbonyl (C=O) groups excluding carboxylic acids is 1. The Morgan fingerprint density at radius 1 is 1.20 bits per heavy atom. The first-order chi connectivity index (χ1) is 11.7. The van der Waals surface area contributed by atoms with E-state index in [1.807, 2.05) is 18.4 Å². The van der Waals surface area contributed by atoms with Gasteiger partial charge in [0.15, 0.2) is 0 Å². The Morgan fingerprint density at radius 2 is 1.88 bits per heavy atom. The quantitative estimate of drug-likeness (QED) is 0.778. The van der Waals surface area contributed by atoms with Gasteiger partial charge < -0.3 is 5.32 Å². The van der Waals surface area contributed by atoms with Gasteiger partial charge in [-0.05, 0) is 43.5 Å². The lowest BCUT2D eigenvalue weighted by molar-refractivity contribution is -0.116. The van der Waals surface area contributed by atoms with Crippen LogP contribution >= 0.6 is 11.8 Å². The van der Waals surface area contributed by atoms with Crippen molar-refractivity contribution in [1.82, 2.24) is 0 Å². The van der Waals surface area contributed by atoms with Crippen LogP contribution in [0, 0.1) is 5.82 Å². The molecule has 1 atom stereocenters. The molecule has 0 aliphatic heterocycles. The van der Waals surface area contributed by atoms with Crippen LogP contribution in [0.5, 0.6) is 0 Å². The number of sulfonamides is 1. The number of benzene rings is 2. The molecule has 5 nitrogen and oxygen atoms in total. The van der Waals surface area contributed by atoms with E-state index in [1.165, 1.54) is 36.9 Å². The molecular formula is C17H19FN2O3S2. The Hall–Kier alpha value is -2.06. The highest BCUT2D eigenvalue weighted by molar-refractivity contribution is 7.98. The lowest BCUT2D eigenvalue weighted by Crippen LogP contribution is -2.45. The van der Waals surface area contributed by atoms with Crippen LogP contribution in [-0.4, -0.2) is 32.9 Å². The molecule has 0 aliphatic rings. The molecule has 0 saturated carbocycles. The lowest BCUT2D eigenvalue weighted by atomic mass is 10.2. The monoisotopic (exact) mass is 382 g/mol. The number of anilines is 2. The summed E-state index contributed by atoms with van der Waals surface area (Å²) in [4.78, 5) is 13.5. The maximum atomic E-state index is 13.5. The summed E-state index contributed by atoms with van der Waals surface area (Å²) in [5.41, 5.74) is 0.697. The highest BCUT2D eigenvalue weighted by atomic mass is 32.2. The third kappa shape index (κ3) is 4.73. The second-order valence-electron chi connectivity index (χ2n) is 5.40. The van der Waals surface area contributed by atoms with Crippen molar-refractivity contribution in [3.05, 3.63) is 54.3 Å². The SMILES string of the molecule is CSc1ccccc1NC(=O)[C@@H](C)N(c1cccc(F)c1)S(C)(=O)=O. The fourth-order valence-electron chi connectivity index (χ4n) is 2.41. The smallest absolute Gasteiger partial charge is 0.248 e. The van der Waals surface area contributed by atoms with Gasteiger partial charge in [-0.15, -0.1) is 11.8 Å². The molecule has 2 aromatic carbocycles. The molecule has 0 saturated heterocycles. The van der Waals surface area contributed by atoms with Crippen LogP contribution in [0.3, 0.4) is 0 Å². The summed E-state index contributed by atoms with van der Waals surface area (Å²) >= 11 is 1.47. The largest absolute Gasteiger partial charge is 0.323 e. The first-order valence-corrected chi connectivity index (χ1v) is 10.5. The lowest BCUT2D eigenvalue weighted by Gasteiger charge is -2.28. The van der Waals surface area contributed by atoms with Gasteiger partial charge in [0.2, 0.25) is 15.9 Å². The summed E-state index contributed by atoms with van der Waals surface area (Å²) in [5.74, 6) is -1.08. The summed E-state index contributed by atoms with van der Waals surface area (Å²) in [7, 11) is -3.79. The number of halogens is 1. The number of hydrogen-bond acceptors (Lipinski definition) is 4. The van der Waals surface area contributed by atoms with Crippen LogP contribution in [0.1, 0.15) is 6.92 Å². The van der Waals surface area contributed by atoms with E-state index in [1.54, 1.807) is 12.1 Å². The molecule has 134 valence electrons. The molecule has 0 heterocycles. The number of carbonyl (C=O) groups is 1.